The van der Waals surface area contributed by atoms with Gasteiger partial charge in [0, 0.05) is 19.3 Å². The first-order valence-corrected chi connectivity index (χ1v) is 6.29. The van der Waals surface area contributed by atoms with E-state index in [1.54, 1.807) is 6.92 Å². The molecule has 116 valence electrons. The molecule has 0 saturated carbocycles. The molecule has 0 aromatic carbocycles. The third kappa shape index (κ3) is 3.34. The van der Waals surface area contributed by atoms with Crippen molar-refractivity contribution in [1.82, 2.24) is 14.7 Å². The maximum atomic E-state index is 12.4. The molecular weight excluding hydrogens is 291 g/mol. The maximum absolute atomic E-state index is 12.4. The smallest absolute Gasteiger partial charge is 0.435 e. The van der Waals surface area contributed by atoms with Crippen LogP contribution in [0.15, 0.2) is 12.3 Å². The highest BCUT2D eigenvalue weighted by Crippen LogP contribution is 2.27. The number of aliphatic carboxylic acids is 1. The number of hydrogen-bond donors (Lipinski definition) is 1. The highest BCUT2D eigenvalue weighted by Gasteiger charge is 2.37. The van der Waals surface area contributed by atoms with Crippen LogP contribution in [0.3, 0.4) is 0 Å². The number of halogens is 3. The van der Waals surface area contributed by atoms with Crippen molar-refractivity contribution in [1.29, 1.82) is 0 Å². The zero-order valence-electron chi connectivity index (χ0n) is 11.2. The summed E-state index contributed by atoms with van der Waals surface area (Å²) in [5.74, 6) is -2.24. The molecule has 0 radical (unpaired) electrons. The second kappa shape index (κ2) is 5.38. The SMILES string of the molecule is C[C@@H]1CN(C(=O)Cn2ccc(C(F)(F)F)n2)C[C@H]1C(=O)O. The molecule has 0 aliphatic carbocycles. The van der Waals surface area contributed by atoms with Gasteiger partial charge in [0.05, 0.1) is 5.92 Å². The summed E-state index contributed by atoms with van der Waals surface area (Å²) in [5, 5.41) is 12.3. The summed E-state index contributed by atoms with van der Waals surface area (Å²) >= 11 is 0. The average molecular weight is 305 g/mol. The molecule has 9 heteroatoms. The Bertz CT molecular complexity index is 555. The molecule has 6 nitrogen and oxygen atoms in total. The molecule has 1 saturated heterocycles. The Morgan fingerprint density at radius 2 is 2.10 bits per heavy atom. The van der Waals surface area contributed by atoms with Crippen molar-refractivity contribution >= 4 is 11.9 Å². The number of carboxylic acid groups (broad SMARTS) is 1. The quantitative estimate of drug-likeness (QED) is 0.907. The number of likely N-dealkylation sites (tertiary alicyclic amines) is 1. The topological polar surface area (TPSA) is 75.4 Å². The predicted molar refractivity (Wildman–Crippen MR) is 64.1 cm³/mol. The monoisotopic (exact) mass is 305 g/mol. The van der Waals surface area contributed by atoms with E-state index in [1.165, 1.54) is 4.90 Å². The van der Waals surface area contributed by atoms with Gasteiger partial charge in [0.15, 0.2) is 5.69 Å². The average Bonchev–Trinajstić information content (AvgIpc) is 2.94. The van der Waals surface area contributed by atoms with Gasteiger partial charge in [-0.05, 0) is 12.0 Å². The number of rotatable bonds is 3. The first-order chi connectivity index (χ1) is 9.68. The Morgan fingerprint density at radius 3 is 2.57 bits per heavy atom. The zero-order valence-corrected chi connectivity index (χ0v) is 11.2. The van der Waals surface area contributed by atoms with Crippen molar-refractivity contribution in [2.45, 2.75) is 19.6 Å². The first kappa shape index (κ1) is 15.3. The Balaban J connectivity index is 1.99. The van der Waals surface area contributed by atoms with Gasteiger partial charge in [-0.15, -0.1) is 0 Å². The summed E-state index contributed by atoms with van der Waals surface area (Å²) < 4.78 is 38.1. The Kier molecular flexibility index (Phi) is 3.93. The van der Waals surface area contributed by atoms with E-state index >= 15 is 0 Å². The van der Waals surface area contributed by atoms with Gasteiger partial charge < -0.3 is 10.0 Å². The van der Waals surface area contributed by atoms with Gasteiger partial charge in [0.2, 0.25) is 5.91 Å². The third-order valence-corrected chi connectivity index (χ3v) is 3.51. The van der Waals surface area contributed by atoms with Crippen molar-refractivity contribution in [2.75, 3.05) is 13.1 Å². The lowest BCUT2D eigenvalue weighted by molar-refractivity contribution is -0.143. The minimum Gasteiger partial charge on any atom is -0.481 e. The standard InChI is InChI=1S/C12H14F3N3O3/c1-7-4-17(5-8(7)11(20)21)10(19)6-18-3-2-9(16-18)12(13,14)15/h2-3,7-8H,4-6H2,1H3,(H,20,21)/t7-,8-/m1/s1. The molecule has 1 aromatic rings. The minimum absolute atomic E-state index is 0.0722. The molecule has 1 fully saturated rings. The van der Waals surface area contributed by atoms with Crippen LogP contribution in [0.25, 0.3) is 0 Å². The van der Waals surface area contributed by atoms with Crippen LogP contribution >= 0.6 is 0 Å². The van der Waals surface area contributed by atoms with E-state index in [-0.39, 0.29) is 25.6 Å². The number of carbonyl (C=O) groups excluding carboxylic acids is 1. The van der Waals surface area contributed by atoms with E-state index in [0.717, 1.165) is 16.9 Å². The second-order valence-electron chi connectivity index (χ2n) is 5.12. The molecule has 0 unspecified atom stereocenters. The number of alkyl halides is 3. The van der Waals surface area contributed by atoms with Crippen LogP contribution in [0.1, 0.15) is 12.6 Å². The lowest BCUT2D eigenvalue weighted by atomic mass is 9.99. The third-order valence-electron chi connectivity index (χ3n) is 3.51. The number of hydrogen-bond acceptors (Lipinski definition) is 3. The van der Waals surface area contributed by atoms with Crippen molar-refractivity contribution in [2.24, 2.45) is 11.8 Å². The van der Waals surface area contributed by atoms with Crippen LogP contribution in [-0.2, 0) is 22.3 Å². The van der Waals surface area contributed by atoms with Crippen molar-refractivity contribution < 1.29 is 27.9 Å². The van der Waals surface area contributed by atoms with Crippen LogP contribution in [0, 0.1) is 11.8 Å². The van der Waals surface area contributed by atoms with Gasteiger partial charge in [-0.2, -0.15) is 18.3 Å². The fourth-order valence-corrected chi connectivity index (χ4v) is 2.33. The number of aromatic nitrogens is 2. The Morgan fingerprint density at radius 1 is 1.43 bits per heavy atom. The number of amides is 1. The second-order valence-corrected chi connectivity index (χ2v) is 5.12. The molecule has 1 amide bonds. The van der Waals surface area contributed by atoms with E-state index in [4.69, 9.17) is 5.11 Å². The van der Waals surface area contributed by atoms with Gasteiger partial charge in [-0.1, -0.05) is 6.92 Å². The van der Waals surface area contributed by atoms with E-state index < -0.39 is 29.7 Å². The van der Waals surface area contributed by atoms with Crippen molar-refractivity contribution in [3.63, 3.8) is 0 Å². The number of carbonyl (C=O) groups is 2. The molecule has 21 heavy (non-hydrogen) atoms. The summed E-state index contributed by atoms with van der Waals surface area (Å²) in [6, 6.07) is 0.792. The molecule has 2 heterocycles. The first-order valence-electron chi connectivity index (χ1n) is 6.29. The van der Waals surface area contributed by atoms with Crippen LogP contribution in [0.5, 0.6) is 0 Å². The molecule has 2 atom stereocenters. The summed E-state index contributed by atoms with van der Waals surface area (Å²) in [4.78, 5) is 24.3. The van der Waals surface area contributed by atoms with Crippen molar-refractivity contribution in [3.05, 3.63) is 18.0 Å². The normalized spacial score (nSPS) is 22.6. The zero-order chi connectivity index (χ0) is 15.8. The lowest BCUT2D eigenvalue weighted by Gasteiger charge is -2.15. The van der Waals surface area contributed by atoms with Gasteiger partial charge in [-0.3, -0.25) is 14.3 Å². The van der Waals surface area contributed by atoms with E-state index in [2.05, 4.69) is 5.10 Å². The highest BCUT2D eigenvalue weighted by atomic mass is 19.4. The lowest BCUT2D eigenvalue weighted by Crippen LogP contribution is -2.33. The number of carboxylic acids is 1. The van der Waals surface area contributed by atoms with Crippen LogP contribution in [0.2, 0.25) is 0 Å². The van der Waals surface area contributed by atoms with Crippen LogP contribution in [-0.4, -0.2) is 44.8 Å². The molecule has 1 N–H and O–H groups in total. The molecule has 0 spiro atoms. The summed E-state index contributed by atoms with van der Waals surface area (Å²) in [6.45, 7) is 1.74. The van der Waals surface area contributed by atoms with Crippen molar-refractivity contribution in [3.8, 4) is 0 Å². The molecular formula is C12H14F3N3O3. The fourth-order valence-electron chi connectivity index (χ4n) is 2.33. The van der Waals surface area contributed by atoms with E-state index in [0.29, 0.717) is 0 Å². The molecule has 1 aliphatic rings. The van der Waals surface area contributed by atoms with Gasteiger partial charge >= 0.3 is 12.1 Å². The minimum atomic E-state index is -4.55. The maximum Gasteiger partial charge on any atom is 0.435 e. The van der Waals surface area contributed by atoms with Gasteiger partial charge in [-0.25, -0.2) is 0 Å². The van der Waals surface area contributed by atoms with Gasteiger partial charge in [0.25, 0.3) is 0 Å². The molecule has 1 aliphatic heterocycles. The highest BCUT2D eigenvalue weighted by molar-refractivity contribution is 5.78. The largest absolute Gasteiger partial charge is 0.481 e. The fraction of sp³-hybridized carbons (Fsp3) is 0.583. The molecule has 1 aromatic heterocycles. The molecule has 0 bridgehead atoms. The molecule has 2 rings (SSSR count). The predicted octanol–water partition coefficient (Wildman–Crippen LogP) is 1.08. The van der Waals surface area contributed by atoms with Gasteiger partial charge in [0.1, 0.15) is 6.54 Å². The Hall–Kier alpha value is -2.06. The van der Waals surface area contributed by atoms with Crippen LogP contribution < -0.4 is 0 Å². The summed E-state index contributed by atoms with van der Waals surface area (Å²) in [6.07, 6.45) is -3.47. The summed E-state index contributed by atoms with van der Waals surface area (Å²) in [5.41, 5.74) is -1.06. The Labute approximate surface area is 118 Å². The van der Waals surface area contributed by atoms with Crippen LogP contribution in [0.4, 0.5) is 13.2 Å². The van der Waals surface area contributed by atoms with E-state index in [1.807, 2.05) is 0 Å². The number of nitrogens with zero attached hydrogens (tertiary/aromatic N) is 3. The summed E-state index contributed by atoms with van der Waals surface area (Å²) in [7, 11) is 0. The van der Waals surface area contributed by atoms with E-state index in [9.17, 15) is 22.8 Å².